The van der Waals surface area contributed by atoms with Gasteiger partial charge in [-0.3, -0.25) is 9.59 Å². The summed E-state index contributed by atoms with van der Waals surface area (Å²) in [5, 5.41) is 0. The summed E-state index contributed by atoms with van der Waals surface area (Å²) >= 11 is 0. The van der Waals surface area contributed by atoms with Crippen LogP contribution in [0.5, 0.6) is 0 Å². The highest BCUT2D eigenvalue weighted by Gasteiger charge is 2.50. The first-order valence-electron chi connectivity index (χ1n) is 7.08. The standard InChI is InChI=1S/C13H19NO3.C2H6/c1-9-8-17-12(16)10(13(9,2)3)11(15)14-6-4-5-7-14;1-2/h4,6,9-10H,5,7-8H2,1-3H3;1-2H3. The predicted octanol–water partition coefficient (Wildman–Crippen LogP) is 2.59. The zero-order chi connectivity index (χ0) is 14.6. The summed E-state index contributed by atoms with van der Waals surface area (Å²) < 4.78 is 5.11. The van der Waals surface area contributed by atoms with Gasteiger partial charge in [0.1, 0.15) is 5.92 Å². The fraction of sp³-hybridized carbons (Fsp3) is 0.733. The number of esters is 1. The number of carbonyl (C=O) groups is 2. The van der Waals surface area contributed by atoms with Gasteiger partial charge in [-0.05, 0) is 17.8 Å². The van der Waals surface area contributed by atoms with Gasteiger partial charge in [0.2, 0.25) is 5.91 Å². The first kappa shape index (κ1) is 15.7. The van der Waals surface area contributed by atoms with Crippen LogP contribution >= 0.6 is 0 Å². The lowest BCUT2D eigenvalue weighted by atomic mass is 9.68. The van der Waals surface area contributed by atoms with E-state index in [9.17, 15) is 9.59 Å². The molecular weight excluding hydrogens is 242 g/mol. The number of nitrogens with zero attached hydrogens (tertiary/aromatic N) is 1. The first-order valence-corrected chi connectivity index (χ1v) is 7.08. The van der Waals surface area contributed by atoms with Crippen molar-refractivity contribution in [3.63, 3.8) is 0 Å². The molecule has 1 saturated heterocycles. The van der Waals surface area contributed by atoms with Crippen molar-refractivity contribution in [3.05, 3.63) is 12.3 Å². The summed E-state index contributed by atoms with van der Waals surface area (Å²) in [5.74, 6) is -0.978. The second-order valence-corrected chi connectivity index (χ2v) is 5.49. The summed E-state index contributed by atoms with van der Waals surface area (Å²) in [6.07, 6.45) is 4.58. The van der Waals surface area contributed by atoms with Crippen LogP contribution in [0.3, 0.4) is 0 Å². The minimum absolute atomic E-state index is 0.125. The zero-order valence-corrected chi connectivity index (χ0v) is 12.6. The maximum absolute atomic E-state index is 12.3. The molecule has 2 heterocycles. The Bertz CT molecular complexity index is 374. The van der Waals surface area contributed by atoms with Crippen LogP contribution in [0.25, 0.3) is 0 Å². The number of carbonyl (C=O) groups excluding carboxylic acids is 2. The largest absolute Gasteiger partial charge is 0.465 e. The maximum atomic E-state index is 12.3. The highest BCUT2D eigenvalue weighted by Crippen LogP contribution is 2.41. The van der Waals surface area contributed by atoms with E-state index in [0.717, 1.165) is 6.42 Å². The Hall–Kier alpha value is -1.32. The Labute approximate surface area is 115 Å². The SMILES string of the molecule is CC.CC1COC(=O)C(C(=O)N2C=CCC2)C1(C)C. The van der Waals surface area contributed by atoms with E-state index < -0.39 is 5.92 Å². The lowest BCUT2D eigenvalue weighted by Gasteiger charge is -2.41. The molecule has 4 nitrogen and oxygen atoms in total. The van der Waals surface area contributed by atoms with E-state index in [-0.39, 0.29) is 23.2 Å². The summed E-state index contributed by atoms with van der Waals surface area (Å²) in [4.78, 5) is 25.8. The van der Waals surface area contributed by atoms with E-state index in [1.807, 2.05) is 40.7 Å². The van der Waals surface area contributed by atoms with Crippen LogP contribution in [-0.4, -0.2) is 29.9 Å². The van der Waals surface area contributed by atoms with Gasteiger partial charge < -0.3 is 9.64 Å². The van der Waals surface area contributed by atoms with Crippen LogP contribution in [0.1, 0.15) is 41.0 Å². The lowest BCUT2D eigenvalue weighted by molar-refractivity contribution is -0.173. The molecule has 0 N–H and O–H groups in total. The van der Waals surface area contributed by atoms with Crippen LogP contribution in [0.15, 0.2) is 12.3 Å². The van der Waals surface area contributed by atoms with Gasteiger partial charge in [-0.2, -0.15) is 0 Å². The Balaban J connectivity index is 0.000000861. The topological polar surface area (TPSA) is 46.6 Å². The van der Waals surface area contributed by atoms with Gasteiger partial charge in [0.25, 0.3) is 0 Å². The fourth-order valence-corrected chi connectivity index (χ4v) is 2.35. The molecule has 1 fully saturated rings. The first-order chi connectivity index (χ1) is 8.94. The van der Waals surface area contributed by atoms with Gasteiger partial charge >= 0.3 is 5.97 Å². The van der Waals surface area contributed by atoms with Gasteiger partial charge in [-0.25, -0.2) is 0 Å². The number of hydrogen-bond donors (Lipinski definition) is 0. The maximum Gasteiger partial charge on any atom is 0.319 e. The average Bonchev–Trinajstić information content (AvgIpc) is 2.90. The minimum Gasteiger partial charge on any atom is -0.465 e. The molecule has 2 aliphatic heterocycles. The lowest BCUT2D eigenvalue weighted by Crippen LogP contribution is -2.51. The van der Waals surface area contributed by atoms with Crippen molar-refractivity contribution in [3.8, 4) is 0 Å². The van der Waals surface area contributed by atoms with Crippen molar-refractivity contribution in [1.29, 1.82) is 0 Å². The van der Waals surface area contributed by atoms with Crippen LogP contribution in [0.4, 0.5) is 0 Å². The predicted molar refractivity (Wildman–Crippen MR) is 74.2 cm³/mol. The van der Waals surface area contributed by atoms with Crippen molar-refractivity contribution < 1.29 is 14.3 Å². The van der Waals surface area contributed by atoms with Gasteiger partial charge in [0.15, 0.2) is 0 Å². The van der Waals surface area contributed by atoms with Crippen molar-refractivity contribution in [2.24, 2.45) is 17.3 Å². The van der Waals surface area contributed by atoms with Crippen LogP contribution < -0.4 is 0 Å². The highest BCUT2D eigenvalue weighted by atomic mass is 16.5. The highest BCUT2D eigenvalue weighted by molar-refractivity contribution is 5.99. The molecule has 0 aliphatic carbocycles. The summed E-state index contributed by atoms with van der Waals surface area (Å²) in [5.41, 5.74) is -0.344. The van der Waals surface area contributed by atoms with Crippen LogP contribution in [0.2, 0.25) is 0 Å². The van der Waals surface area contributed by atoms with Crippen molar-refractivity contribution >= 4 is 11.9 Å². The molecule has 4 heteroatoms. The molecule has 19 heavy (non-hydrogen) atoms. The monoisotopic (exact) mass is 267 g/mol. The number of hydrogen-bond acceptors (Lipinski definition) is 3. The molecule has 2 aliphatic rings. The number of rotatable bonds is 1. The molecule has 108 valence electrons. The number of ether oxygens (including phenoxy) is 1. The third-order valence-electron chi connectivity index (χ3n) is 4.08. The van der Waals surface area contributed by atoms with E-state index in [4.69, 9.17) is 4.74 Å². The normalized spacial score (nSPS) is 28.5. The average molecular weight is 267 g/mol. The summed E-state index contributed by atoms with van der Waals surface area (Å²) in [6.45, 7) is 11.0. The smallest absolute Gasteiger partial charge is 0.319 e. The zero-order valence-electron chi connectivity index (χ0n) is 12.6. The van der Waals surface area contributed by atoms with E-state index in [0.29, 0.717) is 13.2 Å². The summed E-state index contributed by atoms with van der Waals surface area (Å²) in [7, 11) is 0. The molecule has 2 atom stereocenters. The third kappa shape index (κ3) is 2.99. The van der Waals surface area contributed by atoms with Crippen molar-refractivity contribution in [1.82, 2.24) is 4.90 Å². The Kier molecular flexibility index (Phi) is 5.15. The van der Waals surface area contributed by atoms with E-state index in [1.165, 1.54) is 0 Å². The Morgan fingerprint density at radius 3 is 2.58 bits per heavy atom. The molecule has 0 spiro atoms. The Morgan fingerprint density at radius 1 is 1.42 bits per heavy atom. The second kappa shape index (κ2) is 6.22. The molecule has 0 bridgehead atoms. The molecule has 0 aromatic rings. The fourth-order valence-electron chi connectivity index (χ4n) is 2.35. The van der Waals surface area contributed by atoms with Crippen LogP contribution in [-0.2, 0) is 14.3 Å². The second-order valence-electron chi connectivity index (χ2n) is 5.49. The van der Waals surface area contributed by atoms with Gasteiger partial charge in [0.05, 0.1) is 6.61 Å². The molecule has 0 aromatic heterocycles. The summed E-state index contributed by atoms with van der Waals surface area (Å²) in [6, 6.07) is 0. The van der Waals surface area contributed by atoms with Gasteiger partial charge in [0, 0.05) is 12.7 Å². The minimum atomic E-state index is -0.672. The molecule has 0 radical (unpaired) electrons. The van der Waals surface area contributed by atoms with E-state index >= 15 is 0 Å². The molecule has 2 unspecified atom stereocenters. The quantitative estimate of drug-likeness (QED) is 0.542. The van der Waals surface area contributed by atoms with Gasteiger partial charge in [-0.15, -0.1) is 0 Å². The molecular formula is C15H25NO3. The third-order valence-corrected chi connectivity index (χ3v) is 4.08. The van der Waals surface area contributed by atoms with Gasteiger partial charge in [-0.1, -0.05) is 40.7 Å². The molecule has 2 rings (SSSR count). The number of amides is 1. The van der Waals surface area contributed by atoms with E-state index in [2.05, 4.69) is 0 Å². The van der Waals surface area contributed by atoms with Crippen molar-refractivity contribution in [2.45, 2.75) is 41.0 Å². The molecule has 0 saturated carbocycles. The molecule has 0 aromatic carbocycles. The number of cyclic esters (lactones) is 1. The van der Waals surface area contributed by atoms with E-state index in [1.54, 1.807) is 11.1 Å². The van der Waals surface area contributed by atoms with Crippen molar-refractivity contribution in [2.75, 3.05) is 13.2 Å². The molecule has 1 amide bonds. The Morgan fingerprint density at radius 2 is 2.05 bits per heavy atom. The van der Waals surface area contributed by atoms with Crippen LogP contribution in [0, 0.1) is 17.3 Å².